The Morgan fingerprint density at radius 3 is 2.71 bits per heavy atom. The van der Waals surface area contributed by atoms with Gasteiger partial charge in [-0.2, -0.15) is 0 Å². The minimum absolute atomic E-state index is 0.0273. The largest absolute Gasteiger partial charge is 0.337 e. The van der Waals surface area contributed by atoms with E-state index >= 15 is 0 Å². The van der Waals surface area contributed by atoms with Crippen molar-refractivity contribution in [1.82, 2.24) is 9.80 Å². The fourth-order valence-corrected chi connectivity index (χ4v) is 3.35. The Kier molecular flexibility index (Phi) is 4.88. The van der Waals surface area contributed by atoms with Crippen molar-refractivity contribution < 1.29 is 9.18 Å². The molecule has 0 bridgehead atoms. The first-order chi connectivity index (χ1) is 11.5. The third-order valence-electron chi connectivity index (χ3n) is 4.53. The van der Waals surface area contributed by atoms with Gasteiger partial charge >= 0.3 is 0 Å². The van der Waals surface area contributed by atoms with E-state index in [2.05, 4.69) is 4.90 Å². The number of benzene rings is 2. The molecule has 1 atom stereocenters. The van der Waals surface area contributed by atoms with E-state index in [4.69, 9.17) is 11.6 Å². The molecule has 0 aliphatic carbocycles. The number of nitrogens with zero attached hydrogens (tertiary/aromatic N) is 2. The van der Waals surface area contributed by atoms with Gasteiger partial charge in [-0.25, -0.2) is 4.39 Å². The van der Waals surface area contributed by atoms with Crippen LogP contribution in [0.5, 0.6) is 0 Å². The summed E-state index contributed by atoms with van der Waals surface area (Å²) in [6.45, 7) is 1.51. The zero-order valence-electron chi connectivity index (χ0n) is 13.8. The average molecular weight is 347 g/mol. The van der Waals surface area contributed by atoms with Crippen LogP contribution in [0.1, 0.15) is 16.8 Å². The van der Waals surface area contributed by atoms with Gasteiger partial charge in [-0.3, -0.25) is 4.79 Å². The zero-order chi connectivity index (χ0) is 17.3. The highest BCUT2D eigenvalue weighted by atomic mass is 35.5. The summed E-state index contributed by atoms with van der Waals surface area (Å²) in [6.07, 6.45) is 0.988. The van der Waals surface area contributed by atoms with Crippen molar-refractivity contribution in [2.75, 3.05) is 27.2 Å². The standard InChI is InChI=1S/C19H20ClFN2O/c1-22(2)16-8-9-23(12-16)19(24)14-5-3-4-13(10-14)17-7-6-15(21)11-18(17)20/h3-7,10-11,16H,8-9,12H2,1-2H3/t16-/m0/s1. The lowest BCUT2D eigenvalue weighted by molar-refractivity contribution is 0.0783. The Morgan fingerprint density at radius 2 is 2.04 bits per heavy atom. The third-order valence-corrected chi connectivity index (χ3v) is 4.85. The van der Waals surface area contributed by atoms with Gasteiger partial charge in [0.25, 0.3) is 5.91 Å². The first kappa shape index (κ1) is 16.9. The van der Waals surface area contributed by atoms with Crippen LogP contribution in [0.3, 0.4) is 0 Å². The maximum Gasteiger partial charge on any atom is 0.253 e. The monoisotopic (exact) mass is 346 g/mol. The lowest BCUT2D eigenvalue weighted by atomic mass is 10.0. The molecule has 1 fully saturated rings. The van der Waals surface area contributed by atoms with E-state index < -0.39 is 0 Å². The van der Waals surface area contributed by atoms with Crippen molar-refractivity contribution >= 4 is 17.5 Å². The van der Waals surface area contributed by atoms with Crippen LogP contribution < -0.4 is 0 Å². The molecule has 3 nitrogen and oxygen atoms in total. The second-order valence-corrected chi connectivity index (χ2v) is 6.77. The highest BCUT2D eigenvalue weighted by Gasteiger charge is 2.28. The third kappa shape index (κ3) is 3.45. The van der Waals surface area contributed by atoms with Gasteiger partial charge in [0.2, 0.25) is 0 Å². The molecule has 2 aromatic carbocycles. The molecule has 2 aromatic rings. The van der Waals surface area contributed by atoms with Gasteiger partial charge in [0.05, 0.1) is 5.02 Å². The van der Waals surface area contributed by atoms with Gasteiger partial charge in [0, 0.05) is 30.3 Å². The van der Waals surface area contributed by atoms with Crippen LogP contribution in [0.25, 0.3) is 11.1 Å². The lowest BCUT2D eigenvalue weighted by Gasteiger charge is -2.20. The summed E-state index contributed by atoms with van der Waals surface area (Å²) in [4.78, 5) is 16.8. The molecule has 5 heteroatoms. The zero-order valence-corrected chi connectivity index (χ0v) is 14.6. The van der Waals surface area contributed by atoms with Crippen molar-refractivity contribution in [3.05, 3.63) is 58.9 Å². The summed E-state index contributed by atoms with van der Waals surface area (Å²) < 4.78 is 13.2. The molecule has 0 radical (unpaired) electrons. The number of carbonyl (C=O) groups is 1. The van der Waals surface area contributed by atoms with Gasteiger partial charge < -0.3 is 9.80 Å². The molecule has 24 heavy (non-hydrogen) atoms. The number of likely N-dealkylation sites (tertiary alicyclic amines) is 1. The van der Waals surface area contributed by atoms with E-state index in [9.17, 15) is 9.18 Å². The SMILES string of the molecule is CN(C)[C@H]1CCN(C(=O)c2cccc(-c3ccc(F)cc3Cl)c2)C1. The smallest absolute Gasteiger partial charge is 0.253 e. The topological polar surface area (TPSA) is 23.6 Å². The first-order valence-electron chi connectivity index (χ1n) is 7.97. The number of hydrogen-bond acceptors (Lipinski definition) is 2. The molecule has 1 saturated heterocycles. The van der Waals surface area contributed by atoms with Crippen molar-refractivity contribution in [2.24, 2.45) is 0 Å². The summed E-state index contributed by atoms with van der Waals surface area (Å²) in [5.41, 5.74) is 2.17. The predicted molar refractivity (Wildman–Crippen MR) is 94.8 cm³/mol. The van der Waals surface area contributed by atoms with E-state index in [-0.39, 0.29) is 11.7 Å². The summed E-state index contributed by atoms with van der Waals surface area (Å²) in [5.74, 6) is -0.345. The molecule has 0 N–H and O–H groups in total. The molecule has 0 spiro atoms. The van der Waals surface area contributed by atoms with Crippen LogP contribution in [0.4, 0.5) is 4.39 Å². The Morgan fingerprint density at radius 1 is 1.25 bits per heavy atom. The average Bonchev–Trinajstić information content (AvgIpc) is 3.04. The van der Waals surface area contributed by atoms with Gasteiger partial charge in [0.15, 0.2) is 0 Å². The summed E-state index contributed by atoms with van der Waals surface area (Å²) in [7, 11) is 4.07. The highest BCUT2D eigenvalue weighted by molar-refractivity contribution is 6.33. The highest BCUT2D eigenvalue weighted by Crippen LogP contribution is 2.29. The molecular weight excluding hydrogens is 327 g/mol. The fraction of sp³-hybridized carbons (Fsp3) is 0.316. The summed E-state index contributed by atoms with van der Waals surface area (Å²) in [5, 5.41) is 0.341. The minimum Gasteiger partial charge on any atom is -0.337 e. The molecule has 1 heterocycles. The lowest BCUT2D eigenvalue weighted by Crippen LogP contribution is -2.34. The van der Waals surface area contributed by atoms with Gasteiger partial charge in [-0.15, -0.1) is 0 Å². The van der Waals surface area contributed by atoms with Crippen LogP contribution in [0.15, 0.2) is 42.5 Å². The van der Waals surface area contributed by atoms with E-state index in [0.29, 0.717) is 16.6 Å². The summed E-state index contributed by atoms with van der Waals surface area (Å²) in [6, 6.07) is 12.1. The number of amides is 1. The number of halogens is 2. The van der Waals surface area contributed by atoms with Crippen LogP contribution in [0, 0.1) is 5.82 Å². The van der Waals surface area contributed by atoms with Gasteiger partial charge in [-0.1, -0.05) is 23.7 Å². The Bertz CT molecular complexity index is 763. The number of rotatable bonds is 3. The molecule has 126 valence electrons. The molecule has 1 aliphatic heterocycles. The Labute approximate surface area is 146 Å². The second-order valence-electron chi connectivity index (χ2n) is 6.36. The molecule has 1 amide bonds. The van der Waals surface area contributed by atoms with E-state index in [1.54, 1.807) is 6.07 Å². The quantitative estimate of drug-likeness (QED) is 0.841. The van der Waals surface area contributed by atoms with Gasteiger partial charge in [0.1, 0.15) is 5.82 Å². The van der Waals surface area contributed by atoms with Crippen LogP contribution in [-0.2, 0) is 0 Å². The van der Waals surface area contributed by atoms with Crippen molar-refractivity contribution in [3.8, 4) is 11.1 Å². The maximum absolute atomic E-state index is 13.2. The van der Waals surface area contributed by atoms with E-state index in [1.807, 2.05) is 43.3 Å². The molecule has 0 unspecified atom stereocenters. The normalized spacial score (nSPS) is 17.5. The van der Waals surface area contributed by atoms with Crippen molar-refractivity contribution in [2.45, 2.75) is 12.5 Å². The second kappa shape index (κ2) is 6.91. The predicted octanol–water partition coefficient (Wildman–Crippen LogP) is 3.92. The molecule has 3 rings (SSSR count). The molecule has 1 aliphatic rings. The van der Waals surface area contributed by atoms with Crippen molar-refractivity contribution in [3.63, 3.8) is 0 Å². The van der Waals surface area contributed by atoms with Crippen LogP contribution >= 0.6 is 11.6 Å². The number of hydrogen-bond donors (Lipinski definition) is 0. The summed E-state index contributed by atoms with van der Waals surface area (Å²) >= 11 is 6.14. The molecule has 0 saturated carbocycles. The first-order valence-corrected chi connectivity index (χ1v) is 8.34. The van der Waals surface area contributed by atoms with Crippen molar-refractivity contribution in [1.29, 1.82) is 0 Å². The number of likely N-dealkylation sites (N-methyl/N-ethyl adjacent to an activating group) is 1. The van der Waals surface area contributed by atoms with Gasteiger partial charge in [-0.05, 0) is 56.4 Å². The maximum atomic E-state index is 13.2. The Balaban J connectivity index is 1.84. The molecular formula is C19H20ClFN2O. The fourth-order valence-electron chi connectivity index (χ4n) is 3.07. The Hall–Kier alpha value is -1.91. The number of carbonyl (C=O) groups excluding carboxylic acids is 1. The molecule has 0 aromatic heterocycles. The van der Waals surface area contributed by atoms with E-state index in [0.717, 1.165) is 30.6 Å². The van der Waals surface area contributed by atoms with Crippen LogP contribution in [0.2, 0.25) is 5.02 Å². The van der Waals surface area contributed by atoms with Crippen LogP contribution in [-0.4, -0.2) is 48.9 Å². The minimum atomic E-state index is -0.372. The van der Waals surface area contributed by atoms with E-state index in [1.165, 1.54) is 12.1 Å².